The predicted octanol–water partition coefficient (Wildman–Crippen LogP) is 4.96. The van der Waals surface area contributed by atoms with Crippen LogP contribution in [0.25, 0.3) is 4.91 Å². The smallest absolute Gasteiger partial charge is 0.418 e. The van der Waals surface area contributed by atoms with E-state index in [0.717, 1.165) is 0 Å². The highest BCUT2D eigenvalue weighted by Gasteiger charge is 2.54. The fourth-order valence-corrected chi connectivity index (χ4v) is 4.44. The third kappa shape index (κ3) is 5.31. The van der Waals surface area contributed by atoms with E-state index in [2.05, 4.69) is 57.4 Å². The maximum absolute atomic E-state index is 9.75. The highest BCUT2D eigenvalue weighted by molar-refractivity contribution is 8.16. The minimum Gasteiger partial charge on any atom is -0.418 e. The van der Waals surface area contributed by atoms with Crippen molar-refractivity contribution in [3.8, 4) is 0 Å². The lowest BCUT2D eigenvalue weighted by Crippen LogP contribution is -2.03. The molecule has 106 valence electrons. The largest absolute Gasteiger partial charge is 0.673 e. The van der Waals surface area contributed by atoms with Crippen LogP contribution in [-0.4, -0.2) is 13.5 Å². The van der Waals surface area contributed by atoms with Crippen molar-refractivity contribution in [3.63, 3.8) is 0 Å². The Hall–Kier alpha value is -0.905. The van der Waals surface area contributed by atoms with Crippen LogP contribution >= 0.6 is 0 Å². The maximum Gasteiger partial charge on any atom is 0.673 e. The number of halogens is 4. The first-order chi connectivity index (χ1) is 8.52. The van der Waals surface area contributed by atoms with Gasteiger partial charge in [0, 0.05) is 11.0 Å². The first-order valence-electron chi connectivity index (χ1n) is 5.85. The molecule has 0 fully saturated rings. The topological polar surface area (TPSA) is 0 Å². The summed E-state index contributed by atoms with van der Waals surface area (Å²) in [5.41, 5.74) is 1.77. The Morgan fingerprint density at radius 1 is 0.947 bits per heavy atom. The van der Waals surface area contributed by atoms with E-state index in [1.807, 2.05) is 0 Å². The lowest BCUT2D eigenvalue weighted by atomic mass is 9.95. The molecule has 2 rings (SSSR count). The lowest BCUT2D eigenvalue weighted by molar-refractivity contribution is 0.368. The molecular weight excluding hydrogens is 275 g/mol. The SMILES string of the molecule is C[S+]1C(c2ccccc2)=C1C(C)(C)C.F[B-](F)(F)F. The van der Waals surface area contributed by atoms with E-state index in [1.165, 1.54) is 5.56 Å². The van der Waals surface area contributed by atoms with E-state index >= 15 is 0 Å². The first-order valence-corrected chi connectivity index (χ1v) is 7.48. The van der Waals surface area contributed by atoms with Gasteiger partial charge < -0.3 is 17.3 Å². The minimum absolute atomic E-state index is 0.350. The fourth-order valence-electron chi connectivity index (χ4n) is 1.92. The van der Waals surface area contributed by atoms with Gasteiger partial charge in [-0.1, -0.05) is 39.0 Å². The van der Waals surface area contributed by atoms with Gasteiger partial charge in [0.1, 0.15) is 6.26 Å². The van der Waals surface area contributed by atoms with Gasteiger partial charge in [-0.05, 0) is 12.1 Å². The van der Waals surface area contributed by atoms with Crippen molar-refractivity contribution in [1.82, 2.24) is 0 Å². The van der Waals surface area contributed by atoms with Crippen molar-refractivity contribution in [1.29, 1.82) is 0 Å². The second-order valence-electron chi connectivity index (χ2n) is 5.28. The normalized spacial score (nSPS) is 18.8. The highest BCUT2D eigenvalue weighted by Crippen LogP contribution is 2.53. The van der Waals surface area contributed by atoms with Crippen LogP contribution < -0.4 is 0 Å². The molecule has 0 aliphatic carbocycles. The van der Waals surface area contributed by atoms with Crippen LogP contribution in [0.4, 0.5) is 17.3 Å². The molecule has 1 unspecified atom stereocenters. The van der Waals surface area contributed by atoms with Gasteiger partial charge in [0.2, 0.25) is 4.91 Å². The van der Waals surface area contributed by atoms with Gasteiger partial charge in [-0.2, -0.15) is 0 Å². The Labute approximate surface area is 114 Å². The average molecular weight is 292 g/mol. The van der Waals surface area contributed by atoms with Gasteiger partial charge in [0.05, 0.1) is 10.9 Å². The van der Waals surface area contributed by atoms with Gasteiger partial charge in [0.15, 0.2) is 4.91 Å². The van der Waals surface area contributed by atoms with Crippen LogP contribution in [-0.2, 0) is 10.9 Å². The van der Waals surface area contributed by atoms with Crippen molar-refractivity contribution in [2.24, 2.45) is 5.41 Å². The highest BCUT2D eigenvalue weighted by atomic mass is 32.2. The van der Waals surface area contributed by atoms with Crippen LogP contribution in [0.15, 0.2) is 35.2 Å². The third-order valence-electron chi connectivity index (χ3n) is 2.49. The Bertz CT molecular complexity index is 454. The second kappa shape index (κ2) is 5.61. The standard InChI is InChI=1S/C13H17S.BF4/c1-13(2,3)12-11(14(12)4)10-8-6-5-7-9-10;2-1(3,4)5/h5-9H,1-4H3;/q+1;-1. The molecule has 1 heterocycles. The summed E-state index contributed by atoms with van der Waals surface area (Å²) >= 11 is 0. The van der Waals surface area contributed by atoms with Crippen LogP contribution in [0.5, 0.6) is 0 Å². The average Bonchev–Trinajstić information content (AvgIpc) is 2.88. The summed E-state index contributed by atoms with van der Waals surface area (Å²) in [5, 5.41) is 0. The number of hydrogen-bond donors (Lipinski definition) is 0. The molecule has 1 aliphatic rings. The predicted molar refractivity (Wildman–Crippen MR) is 76.3 cm³/mol. The molecule has 6 heteroatoms. The van der Waals surface area contributed by atoms with E-state index < -0.39 is 7.25 Å². The Morgan fingerprint density at radius 3 is 1.68 bits per heavy atom. The maximum atomic E-state index is 9.75. The summed E-state index contributed by atoms with van der Waals surface area (Å²) in [6.07, 6.45) is 2.34. The monoisotopic (exact) mass is 292 g/mol. The molecular formula is C13H17BF4S. The summed E-state index contributed by atoms with van der Waals surface area (Å²) in [6, 6.07) is 10.8. The molecule has 0 bridgehead atoms. The van der Waals surface area contributed by atoms with Crippen molar-refractivity contribution in [3.05, 3.63) is 40.8 Å². The molecule has 0 N–H and O–H groups in total. The molecule has 19 heavy (non-hydrogen) atoms. The quantitative estimate of drug-likeness (QED) is 0.390. The van der Waals surface area contributed by atoms with Crippen molar-refractivity contribution in [2.75, 3.05) is 6.26 Å². The van der Waals surface area contributed by atoms with Crippen LogP contribution in [0.1, 0.15) is 26.3 Å². The summed E-state index contributed by atoms with van der Waals surface area (Å²) in [6.45, 7) is 6.92. The van der Waals surface area contributed by atoms with E-state index in [-0.39, 0.29) is 0 Å². The van der Waals surface area contributed by atoms with Crippen molar-refractivity contribution >= 4 is 23.1 Å². The first kappa shape index (κ1) is 16.2. The van der Waals surface area contributed by atoms with Gasteiger partial charge in [-0.3, -0.25) is 0 Å². The molecule has 0 spiro atoms. The minimum atomic E-state index is -6.00. The van der Waals surface area contributed by atoms with Crippen LogP contribution in [0.2, 0.25) is 0 Å². The summed E-state index contributed by atoms with van der Waals surface area (Å²) < 4.78 is 39.0. The van der Waals surface area contributed by atoms with E-state index in [4.69, 9.17) is 0 Å². The lowest BCUT2D eigenvalue weighted by Gasteiger charge is -2.06. The molecule has 0 amide bonds. The Morgan fingerprint density at radius 2 is 1.37 bits per heavy atom. The van der Waals surface area contributed by atoms with E-state index in [0.29, 0.717) is 16.3 Å². The number of allylic oxidation sites excluding steroid dienone is 1. The molecule has 0 saturated carbocycles. The van der Waals surface area contributed by atoms with Gasteiger partial charge in [-0.15, -0.1) is 0 Å². The molecule has 1 aromatic carbocycles. The number of hydrogen-bond acceptors (Lipinski definition) is 0. The van der Waals surface area contributed by atoms with Crippen LogP contribution in [0.3, 0.4) is 0 Å². The Kier molecular flexibility index (Phi) is 4.77. The van der Waals surface area contributed by atoms with E-state index in [1.54, 1.807) is 9.81 Å². The molecule has 0 saturated heterocycles. The van der Waals surface area contributed by atoms with Crippen molar-refractivity contribution < 1.29 is 17.3 Å². The second-order valence-corrected chi connectivity index (χ2v) is 7.12. The summed E-state index contributed by atoms with van der Waals surface area (Å²) in [7, 11) is -5.57. The molecule has 1 aliphatic heterocycles. The number of rotatable bonds is 1. The summed E-state index contributed by atoms with van der Waals surface area (Å²) in [5.74, 6) is 0. The number of benzene rings is 1. The Balaban J connectivity index is 0.000000312. The zero-order chi connectivity index (χ0) is 14.8. The zero-order valence-electron chi connectivity index (χ0n) is 11.4. The van der Waals surface area contributed by atoms with E-state index in [9.17, 15) is 17.3 Å². The molecule has 0 aromatic heterocycles. The molecule has 1 atom stereocenters. The summed E-state index contributed by atoms with van der Waals surface area (Å²) in [4.78, 5) is 3.25. The molecule has 0 radical (unpaired) electrons. The fraction of sp³-hybridized carbons (Fsp3) is 0.385. The van der Waals surface area contributed by atoms with Gasteiger partial charge >= 0.3 is 7.25 Å². The van der Waals surface area contributed by atoms with Crippen molar-refractivity contribution in [2.45, 2.75) is 20.8 Å². The third-order valence-corrected chi connectivity index (χ3v) is 4.77. The molecule has 1 aromatic rings. The zero-order valence-corrected chi connectivity index (χ0v) is 12.2. The van der Waals surface area contributed by atoms with Gasteiger partial charge in [0.25, 0.3) is 0 Å². The van der Waals surface area contributed by atoms with Gasteiger partial charge in [-0.25, -0.2) is 0 Å². The van der Waals surface area contributed by atoms with Crippen LogP contribution in [0, 0.1) is 5.41 Å². The molecule has 0 nitrogen and oxygen atoms in total.